The van der Waals surface area contributed by atoms with E-state index in [4.69, 9.17) is 9.98 Å². The molecule has 0 aliphatic heterocycles. The lowest BCUT2D eigenvalue weighted by atomic mass is 9.85. The maximum absolute atomic E-state index is 11.3. The molecule has 0 spiro atoms. The largest absolute Gasteiger partial charge is 0.507 e. The minimum atomic E-state index is -4.12. The summed E-state index contributed by atoms with van der Waals surface area (Å²) in [5, 5.41) is 21.7. The number of rotatable bonds is 12. The molecule has 0 saturated carbocycles. The Hall–Kier alpha value is -4.41. The van der Waals surface area contributed by atoms with Crippen LogP contribution in [0.1, 0.15) is 72.7 Å². The summed E-state index contributed by atoms with van der Waals surface area (Å²) in [7, 11) is -4.12. The molecule has 4 aromatic carbocycles. The average Bonchev–Trinajstić information content (AvgIpc) is 3.00. The molecule has 0 aliphatic carbocycles. The molecule has 5 N–H and O–H groups in total. The SMILES string of the molecule is CC(C)(C)c1cc(C=NCCC[Si](O)(O)O)c(O)c(C=N[C@H](c2ccccc2)[C@@H](N=Cc2ccccc2O)c2ccccc2)c1. The fourth-order valence-corrected chi connectivity index (χ4v) is 5.43. The van der Waals surface area contributed by atoms with Gasteiger partial charge in [0, 0.05) is 47.9 Å². The predicted molar refractivity (Wildman–Crippen MR) is 183 cm³/mol. The topological polar surface area (TPSA) is 138 Å². The van der Waals surface area contributed by atoms with Gasteiger partial charge in [-0.1, -0.05) is 93.6 Å². The molecule has 0 aromatic heterocycles. The zero-order valence-electron chi connectivity index (χ0n) is 25.8. The Balaban J connectivity index is 1.77. The summed E-state index contributed by atoms with van der Waals surface area (Å²) in [5.74, 6) is 0.155. The number of para-hydroxylation sites is 1. The highest BCUT2D eigenvalue weighted by Crippen LogP contribution is 2.37. The molecule has 2 atom stereocenters. The van der Waals surface area contributed by atoms with Gasteiger partial charge in [-0.25, -0.2) is 0 Å². The number of benzene rings is 4. The van der Waals surface area contributed by atoms with Crippen LogP contribution in [0.2, 0.25) is 6.04 Å². The van der Waals surface area contributed by atoms with Gasteiger partial charge in [0.15, 0.2) is 0 Å². The number of aliphatic imine (C=N–C) groups is 3. The molecule has 9 heteroatoms. The van der Waals surface area contributed by atoms with E-state index >= 15 is 0 Å². The lowest BCUT2D eigenvalue weighted by molar-refractivity contribution is 0.227. The molecule has 0 heterocycles. The van der Waals surface area contributed by atoms with Crippen LogP contribution in [0, 0.1) is 0 Å². The molecule has 0 aliphatic rings. The van der Waals surface area contributed by atoms with Crippen molar-refractivity contribution in [3.8, 4) is 11.5 Å². The van der Waals surface area contributed by atoms with Gasteiger partial charge in [-0.15, -0.1) is 0 Å². The molecule has 0 amide bonds. The zero-order valence-corrected chi connectivity index (χ0v) is 26.8. The van der Waals surface area contributed by atoms with Crippen LogP contribution >= 0.6 is 0 Å². The van der Waals surface area contributed by atoms with Crippen molar-refractivity contribution in [1.82, 2.24) is 0 Å². The average molecular weight is 624 g/mol. The van der Waals surface area contributed by atoms with Gasteiger partial charge in [0.05, 0.1) is 0 Å². The summed E-state index contributed by atoms with van der Waals surface area (Å²) in [6.45, 7) is 6.52. The van der Waals surface area contributed by atoms with E-state index in [0.29, 0.717) is 23.1 Å². The van der Waals surface area contributed by atoms with E-state index in [1.54, 1.807) is 36.8 Å². The van der Waals surface area contributed by atoms with E-state index in [9.17, 15) is 24.6 Å². The Bertz CT molecular complexity index is 1630. The van der Waals surface area contributed by atoms with E-state index in [1.165, 1.54) is 0 Å². The van der Waals surface area contributed by atoms with Crippen LogP contribution in [-0.2, 0) is 5.41 Å². The molecule has 0 unspecified atom stereocenters. The minimum absolute atomic E-state index is 0.0199. The summed E-state index contributed by atoms with van der Waals surface area (Å²) >= 11 is 0. The first kappa shape index (κ1) is 33.5. The molecule has 0 radical (unpaired) electrons. The van der Waals surface area contributed by atoms with Crippen molar-refractivity contribution in [3.05, 3.63) is 130 Å². The third-order valence-electron chi connectivity index (χ3n) is 7.33. The molecular formula is C36H41N3O5Si. The molecule has 0 saturated heterocycles. The van der Waals surface area contributed by atoms with E-state index in [-0.39, 0.29) is 29.5 Å². The Morgan fingerprint density at radius 1 is 0.667 bits per heavy atom. The van der Waals surface area contributed by atoms with E-state index in [1.807, 2.05) is 78.9 Å². The normalized spacial score (nSPS) is 14.0. The maximum atomic E-state index is 11.3. The quantitative estimate of drug-likeness (QED) is 0.0733. The third-order valence-corrected chi connectivity index (χ3v) is 8.36. The summed E-state index contributed by atoms with van der Waals surface area (Å²) in [4.78, 5) is 42.2. The van der Waals surface area contributed by atoms with Crippen molar-refractivity contribution in [2.24, 2.45) is 15.0 Å². The number of hydrogen-bond donors (Lipinski definition) is 5. The number of phenolic OH excluding ortho intramolecular Hbond substituents is 2. The molecule has 0 bridgehead atoms. The van der Waals surface area contributed by atoms with Gasteiger partial charge < -0.3 is 24.6 Å². The first-order valence-corrected chi connectivity index (χ1v) is 17.0. The molecule has 4 aromatic rings. The summed E-state index contributed by atoms with van der Waals surface area (Å²) in [6, 6.07) is 29.5. The molecule has 45 heavy (non-hydrogen) atoms. The van der Waals surface area contributed by atoms with Crippen LogP contribution in [0.5, 0.6) is 11.5 Å². The van der Waals surface area contributed by atoms with Crippen molar-refractivity contribution in [2.45, 2.75) is 50.7 Å². The van der Waals surface area contributed by atoms with Crippen molar-refractivity contribution >= 4 is 27.4 Å². The predicted octanol–water partition coefficient (Wildman–Crippen LogP) is 6.14. The molecule has 0 fully saturated rings. The van der Waals surface area contributed by atoms with Gasteiger partial charge in [-0.3, -0.25) is 15.0 Å². The number of aromatic hydroxyl groups is 2. The monoisotopic (exact) mass is 623 g/mol. The highest BCUT2D eigenvalue weighted by atomic mass is 28.4. The molecular weight excluding hydrogens is 582 g/mol. The Morgan fingerprint density at radius 3 is 1.67 bits per heavy atom. The second-order valence-electron chi connectivity index (χ2n) is 12.0. The minimum Gasteiger partial charge on any atom is -0.507 e. The highest BCUT2D eigenvalue weighted by Gasteiger charge is 2.26. The third kappa shape index (κ3) is 9.79. The van der Waals surface area contributed by atoms with Crippen LogP contribution in [0.4, 0.5) is 0 Å². The molecule has 234 valence electrons. The van der Waals surface area contributed by atoms with Gasteiger partial charge in [-0.2, -0.15) is 0 Å². The summed E-state index contributed by atoms with van der Waals surface area (Å²) in [5.41, 5.74) is 4.25. The van der Waals surface area contributed by atoms with Crippen molar-refractivity contribution in [1.29, 1.82) is 0 Å². The lowest BCUT2D eigenvalue weighted by Gasteiger charge is -2.23. The van der Waals surface area contributed by atoms with E-state index in [2.05, 4.69) is 25.8 Å². The molecule has 8 nitrogen and oxygen atoms in total. The van der Waals surface area contributed by atoms with Crippen LogP contribution in [0.15, 0.2) is 112 Å². The van der Waals surface area contributed by atoms with E-state index in [0.717, 1.165) is 16.7 Å². The van der Waals surface area contributed by atoms with Gasteiger partial charge in [0.2, 0.25) is 0 Å². The van der Waals surface area contributed by atoms with Gasteiger partial charge in [-0.05, 0) is 52.8 Å². The van der Waals surface area contributed by atoms with Crippen LogP contribution < -0.4 is 0 Å². The lowest BCUT2D eigenvalue weighted by Crippen LogP contribution is -2.34. The summed E-state index contributed by atoms with van der Waals surface area (Å²) < 4.78 is 0. The Labute approximate surface area is 265 Å². The fourth-order valence-electron chi connectivity index (χ4n) is 4.80. The number of nitrogens with zero attached hydrogens (tertiary/aromatic N) is 3. The van der Waals surface area contributed by atoms with Crippen LogP contribution in [0.3, 0.4) is 0 Å². The molecule has 4 rings (SSSR count). The highest BCUT2D eigenvalue weighted by molar-refractivity contribution is 6.56. The van der Waals surface area contributed by atoms with Gasteiger partial charge in [0.1, 0.15) is 23.6 Å². The second-order valence-corrected chi connectivity index (χ2v) is 14.0. The standard InChI is InChI=1S/C36H41N3O5Si/c1-36(2,3)31-21-29(23-37-19-12-20-45(42,43)44)35(41)30(22-31)25-39-34(27-15-8-5-9-16-27)33(26-13-6-4-7-14-26)38-24-28-17-10-11-18-32(28)40/h4-11,13-18,21-25,33-34,40-44H,12,19-20H2,1-3H3/t33-,34+/m0/s1. The second kappa shape index (κ2) is 15.0. The summed E-state index contributed by atoms with van der Waals surface area (Å²) in [6.07, 6.45) is 5.21. The first-order chi connectivity index (χ1) is 21.4. The Morgan fingerprint density at radius 2 is 1.16 bits per heavy atom. The Kier molecular flexibility index (Phi) is 11.2. The van der Waals surface area contributed by atoms with Crippen molar-refractivity contribution < 1.29 is 24.6 Å². The first-order valence-electron chi connectivity index (χ1n) is 14.9. The van der Waals surface area contributed by atoms with Crippen molar-refractivity contribution in [3.63, 3.8) is 0 Å². The van der Waals surface area contributed by atoms with E-state index < -0.39 is 20.9 Å². The number of hydrogen-bond acceptors (Lipinski definition) is 8. The van der Waals surface area contributed by atoms with Gasteiger partial charge >= 0.3 is 8.80 Å². The zero-order chi connectivity index (χ0) is 32.5. The maximum Gasteiger partial charge on any atom is 0.492 e. The fraction of sp³-hybridized carbons (Fsp3) is 0.250. The van der Waals surface area contributed by atoms with Gasteiger partial charge in [0.25, 0.3) is 0 Å². The van der Waals surface area contributed by atoms with Crippen molar-refractivity contribution in [2.75, 3.05) is 6.54 Å². The number of phenols is 2. The van der Waals surface area contributed by atoms with Crippen LogP contribution in [0.25, 0.3) is 0 Å². The smallest absolute Gasteiger partial charge is 0.492 e. The van der Waals surface area contributed by atoms with Crippen LogP contribution in [-0.4, -0.2) is 58.6 Å².